The molecule has 2 fully saturated rings. The highest BCUT2D eigenvalue weighted by atomic mass is 16.5. The van der Waals surface area contributed by atoms with Crippen LogP contribution in [-0.4, -0.2) is 48.5 Å². The van der Waals surface area contributed by atoms with Crippen molar-refractivity contribution >= 4 is 0 Å². The summed E-state index contributed by atoms with van der Waals surface area (Å²) >= 11 is 0. The molecular weight excluding hydrogens is 226 g/mol. The molecule has 0 spiro atoms. The number of morpholine rings is 1. The van der Waals surface area contributed by atoms with E-state index in [4.69, 9.17) is 4.74 Å². The number of rotatable bonds is 3. The molecule has 1 saturated carbocycles. The Morgan fingerprint density at radius 2 is 1.94 bits per heavy atom. The fraction of sp³-hybridized carbons (Fsp3) is 1.00. The Kier molecular flexibility index (Phi) is 4.35. The number of hydrogen-bond acceptors (Lipinski definition) is 3. The molecule has 2 rings (SSSR count). The molecule has 1 N–H and O–H groups in total. The molecule has 0 bridgehead atoms. The van der Waals surface area contributed by atoms with Gasteiger partial charge in [-0.15, -0.1) is 0 Å². The average molecular weight is 255 g/mol. The first-order valence-corrected chi connectivity index (χ1v) is 7.41. The molecule has 1 aliphatic heterocycles. The van der Waals surface area contributed by atoms with E-state index in [1.165, 1.54) is 25.7 Å². The van der Waals surface area contributed by atoms with Crippen LogP contribution in [0, 0.1) is 11.3 Å². The highest BCUT2D eigenvalue weighted by molar-refractivity contribution is 4.92. The van der Waals surface area contributed by atoms with Crippen LogP contribution < -0.4 is 0 Å². The predicted molar refractivity (Wildman–Crippen MR) is 73.6 cm³/mol. The van der Waals surface area contributed by atoms with Gasteiger partial charge in [-0.1, -0.05) is 19.8 Å². The lowest BCUT2D eigenvalue weighted by Gasteiger charge is -2.48. The van der Waals surface area contributed by atoms with E-state index in [0.717, 1.165) is 32.2 Å². The summed E-state index contributed by atoms with van der Waals surface area (Å²) in [6.07, 6.45) is 4.90. The summed E-state index contributed by atoms with van der Waals surface area (Å²) in [6.45, 7) is 10.9. The molecule has 3 nitrogen and oxygen atoms in total. The van der Waals surface area contributed by atoms with E-state index in [9.17, 15) is 5.11 Å². The van der Waals surface area contributed by atoms with Crippen molar-refractivity contribution in [3.8, 4) is 0 Å². The van der Waals surface area contributed by atoms with Gasteiger partial charge in [-0.3, -0.25) is 4.90 Å². The normalized spacial score (nSPS) is 37.7. The Balaban J connectivity index is 2.01. The van der Waals surface area contributed by atoms with Crippen molar-refractivity contribution in [1.82, 2.24) is 4.90 Å². The number of nitrogens with zero attached hydrogens (tertiary/aromatic N) is 1. The van der Waals surface area contributed by atoms with E-state index < -0.39 is 0 Å². The van der Waals surface area contributed by atoms with Gasteiger partial charge < -0.3 is 9.84 Å². The lowest BCUT2D eigenvalue weighted by Crippen LogP contribution is -2.57. The van der Waals surface area contributed by atoms with E-state index in [0.29, 0.717) is 6.61 Å². The number of hydrogen-bond donors (Lipinski definition) is 1. The van der Waals surface area contributed by atoms with E-state index in [1.54, 1.807) is 0 Å². The summed E-state index contributed by atoms with van der Waals surface area (Å²) in [5, 5.41) is 9.87. The Morgan fingerprint density at radius 1 is 1.28 bits per heavy atom. The lowest BCUT2D eigenvalue weighted by atomic mass is 9.70. The van der Waals surface area contributed by atoms with E-state index >= 15 is 0 Å². The first-order valence-electron chi connectivity index (χ1n) is 7.41. The molecule has 1 heterocycles. The first-order chi connectivity index (χ1) is 8.47. The minimum absolute atomic E-state index is 0.115. The molecule has 18 heavy (non-hydrogen) atoms. The van der Waals surface area contributed by atoms with Crippen LogP contribution in [0.15, 0.2) is 0 Å². The standard InChI is InChI=1S/C15H29NO2/c1-13-4-6-15(11-17,7-5-13)10-16-8-9-18-12-14(16,2)3/h13,17H,4-12H2,1-3H3. The van der Waals surface area contributed by atoms with Crippen LogP contribution in [0.5, 0.6) is 0 Å². The third kappa shape index (κ3) is 3.06. The second kappa shape index (κ2) is 5.48. The topological polar surface area (TPSA) is 32.7 Å². The van der Waals surface area contributed by atoms with Gasteiger partial charge >= 0.3 is 0 Å². The van der Waals surface area contributed by atoms with E-state index in [1.807, 2.05) is 0 Å². The maximum absolute atomic E-state index is 9.87. The molecule has 0 aromatic rings. The molecule has 0 amide bonds. The summed E-state index contributed by atoms with van der Waals surface area (Å²) in [6, 6.07) is 0. The largest absolute Gasteiger partial charge is 0.396 e. The van der Waals surface area contributed by atoms with Gasteiger partial charge in [-0.2, -0.15) is 0 Å². The van der Waals surface area contributed by atoms with Crippen LogP contribution in [0.4, 0.5) is 0 Å². The highest BCUT2D eigenvalue weighted by Crippen LogP contribution is 2.40. The van der Waals surface area contributed by atoms with Crippen molar-refractivity contribution < 1.29 is 9.84 Å². The van der Waals surface area contributed by atoms with Crippen LogP contribution in [0.1, 0.15) is 46.5 Å². The molecule has 106 valence electrons. The molecule has 3 heteroatoms. The minimum atomic E-state index is 0.115. The minimum Gasteiger partial charge on any atom is -0.396 e. The molecule has 0 atom stereocenters. The van der Waals surface area contributed by atoms with E-state index in [-0.39, 0.29) is 11.0 Å². The van der Waals surface area contributed by atoms with Gasteiger partial charge in [0.1, 0.15) is 0 Å². The summed E-state index contributed by atoms with van der Waals surface area (Å²) in [7, 11) is 0. The smallest absolute Gasteiger partial charge is 0.0645 e. The van der Waals surface area contributed by atoms with Crippen LogP contribution >= 0.6 is 0 Å². The fourth-order valence-corrected chi connectivity index (χ4v) is 3.33. The van der Waals surface area contributed by atoms with Gasteiger partial charge in [0.05, 0.1) is 13.2 Å². The molecule has 0 aromatic carbocycles. The second-order valence-electron chi connectivity index (χ2n) is 7.13. The summed E-state index contributed by atoms with van der Waals surface area (Å²) < 4.78 is 5.58. The molecule has 0 unspecified atom stereocenters. The maximum Gasteiger partial charge on any atom is 0.0645 e. The molecule has 1 saturated heterocycles. The molecule has 2 aliphatic rings. The van der Waals surface area contributed by atoms with Gasteiger partial charge in [0.15, 0.2) is 0 Å². The Morgan fingerprint density at radius 3 is 2.50 bits per heavy atom. The zero-order valence-corrected chi connectivity index (χ0v) is 12.2. The summed E-state index contributed by atoms with van der Waals surface area (Å²) in [5.74, 6) is 0.836. The Bertz CT molecular complexity index is 270. The van der Waals surface area contributed by atoms with Crippen molar-refractivity contribution in [2.45, 2.75) is 52.0 Å². The molecule has 0 radical (unpaired) electrons. The average Bonchev–Trinajstić information content (AvgIpc) is 2.35. The number of ether oxygens (including phenoxy) is 1. The van der Waals surface area contributed by atoms with Crippen LogP contribution in [0.25, 0.3) is 0 Å². The van der Waals surface area contributed by atoms with Crippen molar-refractivity contribution in [3.63, 3.8) is 0 Å². The van der Waals surface area contributed by atoms with Gasteiger partial charge in [0.25, 0.3) is 0 Å². The Hall–Kier alpha value is -0.120. The SMILES string of the molecule is CC1CCC(CO)(CN2CCOCC2(C)C)CC1. The summed E-state index contributed by atoms with van der Waals surface area (Å²) in [4.78, 5) is 2.53. The van der Waals surface area contributed by atoms with Crippen molar-refractivity contribution in [2.75, 3.05) is 32.9 Å². The van der Waals surface area contributed by atoms with Crippen molar-refractivity contribution in [3.05, 3.63) is 0 Å². The third-order valence-electron chi connectivity index (χ3n) is 5.01. The van der Waals surface area contributed by atoms with E-state index in [2.05, 4.69) is 25.7 Å². The molecule has 1 aliphatic carbocycles. The van der Waals surface area contributed by atoms with Crippen molar-refractivity contribution in [2.24, 2.45) is 11.3 Å². The van der Waals surface area contributed by atoms with Gasteiger partial charge in [0, 0.05) is 30.7 Å². The number of aliphatic hydroxyl groups excluding tert-OH is 1. The third-order valence-corrected chi connectivity index (χ3v) is 5.01. The van der Waals surface area contributed by atoms with Gasteiger partial charge in [0.2, 0.25) is 0 Å². The fourth-order valence-electron chi connectivity index (χ4n) is 3.33. The second-order valence-corrected chi connectivity index (χ2v) is 7.13. The highest BCUT2D eigenvalue weighted by Gasteiger charge is 2.40. The van der Waals surface area contributed by atoms with Crippen LogP contribution in [0.3, 0.4) is 0 Å². The summed E-state index contributed by atoms with van der Waals surface area (Å²) in [5.41, 5.74) is 0.255. The van der Waals surface area contributed by atoms with Crippen LogP contribution in [0.2, 0.25) is 0 Å². The molecule has 0 aromatic heterocycles. The monoisotopic (exact) mass is 255 g/mol. The zero-order valence-electron chi connectivity index (χ0n) is 12.2. The zero-order chi connectivity index (χ0) is 13.2. The predicted octanol–water partition coefficient (Wildman–Crippen LogP) is 2.29. The first kappa shape index (κ1) is 14.3. The van der Waals surface area contributed by atoms with Gasteiger partial charge in [-0.25, -0.2) is 0 Å². The molecular formula is C15H29NO2. The van der Waals surface area contributed by atoms with Crippen LogP contribution in [-0.2, 0) is 4.74 Å². The maximum atomic E-state index is 9.87. The Labute approximate surface area is 112 Å². The van der Waals surface area contributed by atoms with Gasteiger partial charge in [-0.05, 0) is 32.6 Å². The number of aliphatic hydroxyl groups is 1. The van der Waals surface area contributed by atoms with Crippen molar-refractivity contribution in [1.29, 1.82) is 0 Å². The quantitative estimate of drug-likeness (QED) is 0.840. The lowest BCUT2D eigenvalue weighted by molar-refractivity contribution is -0.0827.